The summed E-state index contributed by atoms with van der Waals surface area (Å²) in [6, 6.07) is 14.7. The molecule has 0 saturated carbocycles. The molecule has 6 heteroatoms. The van der Waals surface area contributed by atoms with E-state index in [0.717, 1.165) is 23.3 Å². The van der Waals surface area contributed by atoms with E-state index >= 15 is 0 Å². The van der Waals surface area contributed by atoms with E-state index in [2.05, 4.69) is 13.2 Å². The average molecular weight is 382 g/mol. The molecule has 0 aromatic heterocycles. The molecule has 28 heavy (non-hydrogen) atoms. The van der Waals surface area contributed by atoms with Gasteiger partial charge in [-0.2, -0.15) is 0 Å². The van der Waals surface area contributed by atoms with Crippen LogP contribution in [0.4, 0.5) is 0 Å². The summed E-state index contributed by atoms with van der Waals surface area (Å²) in [5, 5.41) is 0. The minimum Gasteiger partial charge on any atom is -0.455 e. The second-order valence-electron chi connectivity index (χ2n) is 5.70. The SMILES string of the molecule is C=CC(=O)OC(C)Oc1ccc(-c2ccc(OC(C)OC(=O)C=C)cc2)cc1. The van der Waals surface area contributed by atoms with Crippen molar-refractivity contribution >= 4 is 11.9 Å². The average Bonchev–Trinajstić information content (AvgIpc) is 2.68. The number of benzene rings is 2. The summed E-state index contributed by atoms with van der Waals surface area (Å²) in [5.74, 6) is 0.0665. The molecule has 0 radical (unpaired) electrons. The lowest BCUT2D eigenvalue weighted by molar-refractivity contribution is -0.156. The van der Waals surface area contributed by atoms with Gasteiger partial charge in [0.1, 0.15) is 11.5 Å². The van der Waals surface area contributed by atoms with Gasteiger partial charge in [0.25, 0.3) is 0 Å². The number of carbonyl (C=O) groups is 2. The highest BCUT2D eigenvalue weighted by molar-refractivity contribution is 5.81. The molecule has 2 atom stereocenters. The number of hydrogen-bond acceptors (Lipinski definition) is 6. The lowest BCUT2D eigenvalue weighted by Gasteiger charge is -2.15. The van der Waals surface area contributed by atoms with Crippen molar-refractivity contribution in [2.24, 2.45) is 0 Å². The Balaban J connectivity index is 1.96. The van der Waals surface area contributed by atoms with E-state index in [4.69, 9.17) is 18.9 Å². The number of rotatable bonds is 9. The van der Waals surface area contributed by atoms with Crippen LogP contribution in [0, 0.1) is 0 Å². The molecule has 0 heterocycles. The number of carbonyl (C=O) groups excluding carboxylic acids is 2. The van der Waals surface area contributed by atoms with Crippen molar-refractivity contribution in [2.45, 2.75) is 26.4 Å². The fraction of sp³-hybridized carbons (Fsp3) is 0.182. The third-order valence-electron chi connectivity index (χ3n) is 3.54. The quantitative estimate of drug-likeness (QED) is 0.367. The minimum absolute atomic E-state index is 0.542. The van der Waals surface area contributed by atoms with Gasteiger partial charge in [0.2, 0.25) is 12.6 Å². The summed E-state index contributed by atoms with van der Waals surface area (Å²) in [7, 11) is 0. The second kappa shape index (κ2) is 9.97. The van der Waals surface area contributed by atoms with Gasteiger partial charge in [-0.1, -0.05) is 37.4 Å². The van der Waals surface area contributed by atoms with Gasteiger partial charge in [-0.3, -0.25) is 0 Å². The topological polar surface area (TPSA) is 71.1 Å². The van der Waals surface area contributed by atoms with Gasteiger partial charge in [0.15, 0.2) is 0 Å². The zero-order valence-corrected chi connectivity index (χ0v) is 15.8. The van der Waals surface area contributed by atoms with Gasteiger partial charge in [0, 0.05) is 26.0 Å². The van der Waals surface area contributed by atoms with E-state index in [1.165, 1.54) is 0 Å². The first kappa shape index (κ1) is 20.8. The summed E-state index contributed by atoms with van der Waals surface area (Å²) in [4.78, 5) is 22.3. The molecular weight excluding hydrogens is 360 g/mol. The second-order valence-corrected chi connectivity index (χ2v) is 5.70. The van der Waals surface area contributed by atoms with E-state index in [0.29, 0.717) is 11.5 Å². The molecule has 0 saturated heterocycles. The van der Waals surface area contributed by atoms with Crippen molar-refractivity contribution in [3.8, 4) is 22.6 Å². The summed E-state index contributed by atoms with van der Waals surface area (Å²) < 4.78 is 21.0. The maximum Gasteiger partial charge on any atom is 0.333 e. The minimum atomic E-state index is -0.718. The molecule has 0 aliphatic carbocycles. The lowest BCUT2D eigenvalue weighted by Crippen LogP contribution is -2.19. The Morgan fingerprint density at radius 2 is 1.04 bits per heavy atom. The van der Waals surface area contributed by atoms with Crippen molar-refractivity contribution < 1.29 is 28.5 Å². The molecule has 0 spiro atoms. The first-order valence-electron chi connectivity index (χ1n) is 8.61. The van der Waals surface area contributed by atoms with E-state index in [1.54, 1.807) is 38.1 Å². The van der Waals surface area contributed by atoms with Crippen molar-refractivity contribution in [1.29, 1.82) is 0 Å². The molecule has 2 aromatic rings. The number of esters is 2. The van der Waals surface area contributed by atoms with Gasteiger partial charge >= 0.3 is 11.9 Å². The molecule has 2 unspecified atom stereocenters. The molecule has 0 N–H and O–H groups in total. The molecular formula is C22H22O6. The smallest absolute Gasteiger partial charge is 0.333 e. The molecule has 0 amide bonds. The van der Waals surface area contributed by atoms with Crippen molar-refractivity contribution in [3.63, 3.8) is 0 Å². The zero-order chi connectivity index (χ0) is 20.5. The maximum atomic E-state index is 11.2. The Kier molecular flexibility index (Phi) is 7.39. The van der Waals surface area contributed by atoms with Gasteiger partial charge in [0.05, 0.1) is 0 Å². The van der Waals surface area contributed by atoms with E-state index in [-0.39, 0.29) is 0 Å². The standard InChI is InChI=1S/C22H22O6/c1-5-21(23)27-15(3)25-19-11-7-17(8-12-19)18-9-13-20(14-10-18)26-16(4)28-22(24)6-2/h5-16H,1-2H2,3-4H3. The van der Waals surface area contributed by atoms with Crippen LogP contribution in [0.5, 0.6) is 11.5 Å². The summed E-state index contributed by atoms with van der Waals surface area (Å²) in [6.07, 6.45) is 0.732. The van der Waals surface area contributed by atoms with Crippen LogP contribution < -0.4 is 9.47 Å². The predicted octanol–water partition coefficient (Wildman–Crippen LogP) is 4.26. The largest absolute Gasteiger partial charge is 0.455 e. The third-order valence-corrected chi connectivity index (χ3v) is 3.54. The van der Waals surface area contributed by atoms with E-state index < -0.39 is 24.5 Å². The van der Waals surface area contributed by atoms with Crippen LogP contribution in [0.2, 0.25) is 0 Å². The highest BCUT2D eigenvalue weighted by Crippen LogP contribution is 2.25. The van der Waals surface area contributed by atoms with Crippen LogP contribution in [0.1, 0.15) is 13.8 Å². The number of hydrogen-bond donors (Lipinski definition) is 0. The van der Waals surface area contributed by atoms with E-state index in [1.807, 2.05) is 24.3 Å². The monoisotopic (exact) mass is 382 g/mol. The third kappa shape index (κ3) is 6.32. The fourth-order valence-electron chi connectivity index (χ4n) is 2.31. The Morgan fingerprint density at radius 3 is 1.32 bits per heavy atom. The van der Waals surface area contributed by atoms with Gasteiger partial charge in [-0.15, -0.1) is 0 Å². The van der Waals surface area contributed by atoms with E-state index in [9.17, 15) is 9.59 Å². The van der Waals surface area contributed by atoms with Gasteiger partial charge < -0.3 is 18.9 Å². The first-order chi connectivity index (χ1) is 13.4. The van der Waals surface area contributed by atoms with Crippen molar-refractivity contribution in [2.75, 3.05) is 0 Å². The first-order valence-corrected chi connectivity index (χ1v) is 8.61. The van der Waals surface area contributed by atoms with Crippen LogP contribution in [0.3, 0.4) is 0 Å². The van der Waals surface area contributed by atoms with Gasteiger partial charge in [-0.05, 0) is 35.4 Å². The number of ether oxygens (including phenoxy) is 4. The molecule has 2 rings (SSSR count). The van der Waals surface area contributed by atoms with Crippen LogP contribution in [-0.2, 0) is 19.1 Å². The summed E-state index contributed by atoms with van der Waals surface area (Å²) >= 11 is 0. The van der Waals surface area contributed by atoms with Crippen LogP contribution in [0.25, 0.3) is 11.1 Å². The Hall–Kier alpha value is -3.54. The molecule has 2 aromatic carbocycles. The van der Waals surface area contributed by atoms with Crippen LogP contribution >= 0.6 is 0 Å². The van der Waals surface area contributed by atoms with Crippen LogP contribution in [0.15, 0.2) is 73.8 Å². The maximum absolute atomic E-state index is 11.2. The molecule has 6 nitrogen and oxygen atoms in total. The highest BCUT2D eigenvalue weighted by Gasteiger charge is 2.09. The summed E-state index contributed by atoms with van der Waals surface area (Å²) in [5.41, 5.74) is 1.95. The van der Waals surface area contributed by atoms with Gasteiger partial charge in [-0.25, -0.2) is 9.59 Å². The Morgan fingerprint density at radius 1 is 0.714 bits per heavy atom. The molecule has 0 fully saturated rings. The fourth-order valence-corrected chi connectivity index (χ4v) is 2.31. The normalized spacial score (nSPS) is 12.2. The van der Waals surface area contributed by atoms with Crippen molar-refractivity contribution in [1.82, 2.24) is 0 Å². The molecule has 0 bridgehead atoms. The lowest BCUT2D eigenvalue weighted by atomic mass is 10.1. The highest BCUT2D eigenvalue weighted by atomic mass is 16.7. The van der Waals surface area contributed by atoms with Crippen LogP contribution in [-0.4, -0.2) is 24.5 Å². The summed E-state index contributed by atoms with van der Waals surface area (Å²) in [6.45, 7) is 9.93. The Bertz CT molecular complexity index is 752. The molecule has 0 aliphatic heterocycles. The Labute approximate surface area is 164 Å². The molecule has 146 valence electrons. The molecule has 0 aliphatic rings. The van der Waals surface area contributed by atoms with Crippen molar-refractivity contribution in [3.05, 3.63) is 73.8 Å². The zero-order valence-electron chi connectivity index (χ0n) is 15.8. The predicted molar refractivity (Wildman–Crippen MR) is 105 cm³/mol.